The minimum atomic E-state index is -4.31. The van der Waals surface area contributed by atoms with Crippen molar-refractivity contribution in [3.05, 3.63) is 65.2 Å². The number of aryl methyl sites for hydroxylation is 1. The maximum atomic E-state index is 12.6. The summed E-state index contributed by atoms with van der Waals surface area (Å²) in [6.45, 7) is 1.70. The summed E-state index contributed by atoms with van der Waals surface area (Å²) in [6.07, 6.45) is -5.52. The highest BCUT2D eigenvalue weighted by Crippen LogP contribution is 2.28. The number of ether oxygens (including phenoxy) is 1. The number of benzene rings is 2. The van der Waals surface area contributed by atoms with Crippen LogP contribution in [0.3, 0.4) is 0 Å². The Bertz CT molecular complexity index is 962. The van der Waals surface area contributed by atoms with Crippen molar-refractivity contribution in [2.75, 3.05) is 6.61 Å². The normalized spacial score (nSPS) is 11.7. The van der Waals surface area contributed by atoms with E-state index in [-0.39, 0.29) is 30.6 Å². The van der Waals surface area contributed by atoms with Crippen molar-refractivity contribution >= 4 is 11.9 Å². The van der Waals surface area contributed by atoms with E-state index in [0.29, 0.717) is 11.3 Å². The van der Waals surface area contributed by atoms with Crippen LogP contribution in [0.25, 0.3) is 0 Å². The lowest BCUT2D eigenvalue weighted by Crippen LogP contribution is -2.34. The van der Waals surface area contributed by atoms with E-state index in [4.69, 9.17) is 4.74 Å². The summed E-state index contributed by atoms with van der Waals surface area (Å²) in [5.41, 5.74) is 0.817. The van der Waals surface area contributed by atoms with Gasteiger partial charge in [0.1, 0.15) is 12.4 Å². The third-order valence-electron chi connectivity index (χ3n) is 4.38. The second-order valence-electron chi connectivity index (χ2n) is 6.66. The van der Waals surface area contributed by atoms with Gasteiger partial charge in [-0.15, -0.1) is 5.92 Å². The third kappa shape index (κ3) is 7.70. The number of carbonyl (C=O) groups excluding carboxylic acids is 1. The number of amides is 1. The van der Waals surface area contributed by atoms with Gasteiger partial charge in [-0.3, -0.25) is 4.79 Å². The molecule has 164 valence electrons. The molecule has 0 bridgehead atoms. The fourth-order valence-electron chi connectivity index (χ4n) is 2.91. The first-order valence-corrected chi connectivity index (χ1v) is 9.52. The van der Waals surface area contributed by atoms with Gasteiger partial charge in [-0.05, 0) is 55.2 Å². The number of halogens is 3. The van der Waals surface area contributed by atoms with Crippen LogP contribution in [0.15, 0.2) is 48.5 Å². The molecule has 0 fully saturated rings. The van der Waals surface area contributed by atoms with Crippen molar-refractivity contribution in [1.82, 2.24) is 5.32 Å². The molecule has 0 aliphatic heterocycles. The summed E-state index contributed by atoms with van der Waals surface area (Å²) in [7, 11) is 0. The van der Waals surface area contributed by atoms with Crippen LogP contribution in [0.1, 0.15) is 47.3 Å². The van der Waals surface area contributed by atoms with Gasteiger partial charge in [-0.1, -0.05) is 30.2 Å². The van der Waals surface area contributed by atoms with E-state index in [1.165, 1.54) is 24.3 Å². The Kier molecular flexibility index (Phi) is 8.50. The Morgan fingerprint density at radius 1 is 1.16 bits per heavy atom. The highest BCUT2D eigenvalue weighted by Gasteiger charge is 2.28. The highest BCUT2D eigenvalue weighted by molar-refractivity contribution is 5.96. The van der Waals surface area contributed by atoms with Crippen LogP contribution < -0.4 is 10.1 Å². The molecular weight excluding hydrogens is 411 g/mol. The summed E-state index contributed by atoms with van der Waals surface area (Å²) in [4.78, 5) is 24.5. The van der Waals surface area contributed by atoms with Gasteiger partial charge in [-0.2, -0.15) is 13.2 Å². The Labute approximate surface area is 178 Å². The summed E-state index contributed by atoms with van der Waals surface area (Å²) in [6, 6.07) is 11.1. The maximum Gasteiger partial charge on any atom is 0.389 e. The highest BCUT2D eigenvalue weighted by atomic mass is 19.4. The molecule has 0 radical (unpaired) electrons. The summed E-state index contributed by atoms with van der Waals surface area (Å²) < 4.78 is 43.1. The molecule has 0 saturated heterocycles. The average molecular weight is 433 g/mol. The zero-order valence-electron chi connectivity index (χ0n) is 16.8. The Morgan fingerprint density at radius 3 is 2.48 bits per heavy atom. The lowest BCUT2D eigenvalue weighted by molar-refractivity contribution is -0.139. The molecular formula is C23H22F3NO4. The van der Waals surface area contributed by atoms with Crippen LogP contribution in [-0.2, 0) is 11.2 Å². The topological polar surface area (TPSA) is 75.6 Å². The van der Waals surface area contributed by atoms with Gasteiger partial charge in [0.15, 0.2) is 6.04 Å². The molecule has 1 amide bonds. The average Bonchev–Trinajstić information content (AvgIpc) is 2.72. The van der Waals surface area contributed by atoms with Crippen LogP contribution in [-0.4, -0.2) is 29.8 Å². The van der Waals surface area contributed by atoms with E-state index in [0.717, 1.165) is 0 Å². The first-order valence-electron chi connectivity index (χ1n) is 9.52. The first-order chi connectivity index (χ1) is 14.7. The van der Waals surface area contributed by atoms with Crippen molar-refractivity contribution in [2.45, 2.75) is 38.4 Å². The lowest BCUT2D eigenvalue weighted by atomic mass is 9.95. The number of aliphatic carboxylic acids is 1. The molecule has 0 aliphatic rings. The molecule has 2 rings (SSSR count). The van der Waals surface area contributed by atoms with Crippen molar-refractivity contribution in [3.63, 3.8) is 0 Å². The zero-order chi connectivity index (χ0) is 22.9. The number of carboxylic acid groups (broad SMARTS) is 1. The number of carboxylic acids is 1. The maximum absolute atomic E-state index is 12.6. The number of hydrogen-bond donors (Lipinski definition) is 2. The van der Waals surface area contributed by atoms with Crippen molar-refractivity contribution in [2.24, 2.45) is 0 Å². The zero-order valence-corrected chi connectivity index (χ0v) is 16.8. The lowest BCUT2D eigenvalue weighted by Gasteiger charge is -2.20. The predicted octanol–water partition coefficient (Wildman–Crippen LogP) is 4.53. The number of carbonyl (C=O) groups is 2. The van der Waals surface area contributed by atoms with Crippen LogP contribution in [0.2, 0.25) is 0 Å². The minimum absolute atomic E-state index is 0.00508. The van der Waals surface area contributed by atoms with Gasteiger partial charge >= 0.3 is 12.1 Å². The second-order valence-corrected chi connectivity index (χ2v) is 6.66. The molecule has 0 aromatic heterocycles. The van der Waals surface area contributed by atoms with Crippen molar-refractivity contribution in [1.29, 1.82) is 0 Å². The Balaban J connectivity index is 2.34. The van der Waals surface area contributed by atoms with Gasteiger partial charge < -0.3 is 15.2 Å². The SMILES string of the molecule is CC#CCOc1ccc(CCCC(F)(F)F)c(C(NC(=O)c2ccccc2)C(=O)O)c1. The smallest absolute Gasteiger partial charge is 0.389 e. The van der Waals surface area contributed by atoms with E-state index in [1.807, 2.05) is 0 Å². The summed E-state index contributed by atoms with van der Waals surface area (Å²) in [5.74, 6) is 3.71. The summed E-state index contributed by atoms with van der Waals surface area (Å²) >= 11 is 0. The van der Waals surface area contributed by atoms with E-state index in [2.05, 4.69) is 17.2 Å². The number of hydrogen-bond acceptors (Lipinski definition) is 3. The predicted molar refractivity (Wildman–Crippen MR) is 109 cm³/mol. The number of nitrogens with one attached hydrogen (secondary N) is 1. The molecule has 1 atom stereocenters. The van der Waals surface area contributed by atoms with Crippen LogP contribution in [0.4, 0.5) is 13.2 Å². The monoisotopic (exact) mass is 433 g/mol. The molecule has 0 spiro atoms. The molecule has 0 aliphatic carbocycles. The van der Waals surface area contributed by atoms with E-state index in [9.17, 15) is 27.9 Å². The van der Waals surface area contributed by atoms with Crippen LogP contribution >= 0.6 is 0 Å². The van der Waals surface area contributed by atoms with Gasteiger partial charge in [0.2, 0.25) is 0 Å². The van der Waals surface area contributed by atoms with E-state index < -0.39 is 30.5 Å². The van der Waals surface area contributed by atoms with Gasteiger partial charge in [-0.25, -0.2) is 4.79 Å². The largest absolute Gasteiger partial charge is 0.481 e. The fraction of sp³-hybridized carbons (Fsp3) is 0.304. The van der Waals surface area contributed by atoms with Crippen LogP contribution in [0, 0.1) is 11.8 Å². The first kappa shape index (κ1) is 23.8. The molecule has 2 aromatic carbocycles. The Morgan fingerprint density at radius 2 is 1.87 bits per heavy atom. The molecule has 31 heavy (non-hydrogen) atoms. The summed E-state index contributed by atoms with van der Waals surface area (Å²) in [5, 5.41) is 12.2. The Hall–Kier alpha value is -3.47. The van der Waals surface area contributed by atoms with Gasteiger partial charge in [0.25, 0.3) is 5.91 Å². The van der Waals surface area contributed by atoms with E-state index >= 15 is 0 Å². The number of alkyl halides is 3. The standard InChI is InChI=1S/C23H22F3NO4/c1-2-3-14-31-18-12-11-16(10-7-13-23(24,25)26)19(15-18)20(22(29)30)27-21(28)17-8-5-4-6-9-17/h4-6,8-9,11-12,15,20H,7,10,13-14H2,1H3,(H,27,28)(H,29,30). The van der Waals surface area contributed by atoms with E-state index in [1.54, 1.807) is 31.2 Å². The van der Waals surface area contributed by atoms with Crippen molar-refractivity contribution < 1.29 is 32.6 Å². The molecule has 8 heteroatoms. The van der Waals surface area contributed by atoms with Crippen LogP contribution in [0.5, 0.6) is 5.75 Å². The number of rotatable bonds is 9. The molecule has 2 aromatic rings. The molecule has 0 heterocycles. The quantitative estimate of drug-likeness (QED) is 0.570. The molecule has 1 unspecified atom stereocenters. The minimum Gasteiger partial charge on any atom is -0.481 e. The fourth-order valence-corrected chi connectivity index (χ4v) is 2.91. The second kappa shape index (κ2) is 11.1. The molecule has 2 N–H and O–H groups in total. The molecule has 0 saturated carbocycles. The van der Waals surface area contributed by atoms with Gasteiger partial charge in [0, 0.05) is 12.0 Å². The van der Waals surface area contributed by atoms with Gasteiger partial charge in [0.05, 0.1) is 0 Å². The third-order valence-corrected chi connectivity index (χ3v) is 4.38. The molecule has 5 nitrogen and oxygen atoms in total. The van der Waals surface area contributed by atoms with Crippen molar-refractivity contribution in [3.8, 4) is 17.6 Å².